The maximum atomic E-state index is 9.53. The molecule has 0 radical (unpaired) electrons. The fourth-order valence-corrected chi connectivity index (χ4v) is 1.82. The van der Waals surface area contributed by atoms with Gasteiger partial charge in [-0.3, -0.25) is 0 Å². The number of hydrogen-bond acceptors (Lipinski definition) is 6. The van der Waals surface area contributed by atoms with E-state index in [4.69, 9.17) is 15.2 Å². The van der Waals surface area contributed by atoms with E-state index in [1.54, 1.807) is 0 Å². The molecular formula is C7H13NO5. The molecule has 6 atom stereocenters. The number of ether oxygens (including phenoxy) is 2. The van der Waals surface area contributed by atoms with Gasteiger partial charge < -0.3 is 30.5 Å². The number of rotatable bonds is 0. The minimum atomic E-state index is -1.17. The summed E-state index contributed by atoms with van der Waals surface area (Å²) in [5, 5.41) is 28.4. The van der Waals surface area contributed by atoms with Gasteiger partial charge in [-0.1, -0.05) is 0 Å². The molecule has 13 heavy (non-hydrogen) atoms. The lowest BCUT2D eigenvalue weighted by atomic mass is 9.84. The molecule has 2 rings (SSSR count). The lowest BCUT2D eigenvalue weighted by Crippen LogP contribution is -2.65. The maximum absolute atomic E-state index is 9.53. The Hall–Kier alpha value is -0.240. The molecule has 1 aliphatic heterocycles. The number of aliphatic hydroxyl groups excluding tert-OH is 3. The van der Waals surface area contributed by atoms with E-state index in [0.717, 1.165) is 0 Å². The Balaban J connectivity index is 2.19. The second kappa shape index (κ2) is 3.16. The highest BCUT2D eigenvalue weighted by Crippen LogP contribution is 2.28. The van der Waals surface area contributed by atoms with E-state index in [0.29, 0.717) is 0 Å². The zero-order chi connectivity index (χ0) is 9.59. The van der Waals surface area contributed by atoms with Crippen LogP contribution in [0, 0.1) is 0 Å². The maximum Gasteiger partial charge on any atom is 0.148 e. The van der Waals surface area contributed by atoms with Gasteiger partial charge in [0.2, 0.25) is 0 Å². The third-order valence-corrected chi connectivity index (χ3v) is 2.66. The fraction of sp³-hybridized carbons (Fsp3) is 1.00. The first kappa shape index (κ1) is 9.32. The van der Waals surface area contributed by atoms with Crippen LogP contribution in [0.25, 0.3) is 0 Å². The van der Waals surface area contributed by atoms with Gasteiger partial charge in [0.15, 0.2) is 0 Å². The van der Waals surface area contributed by atoms with Crippen LogP contribution in [0.1, 0.15) is 0 Å². The Labute approximate surface area is 74.9 Å². The Kier molecular flexibility index (Phi) is 2.26. The molecule has 76 valence electrons. The summed E-state index contributed by atoms with van der Waals surface area (Å²) in [7, 11) is 0. The van der Waals surface area contributed by atoms with E-state index in [-0.39, 0.29) is 6.79 Å². The molecule has 1 aliphatic carbocycles. The van der Waals surface area contributed by atoms with Crippen molar-refractivity contribution in [1.82, 2.24) is 0 Å². The molecule has 1 saturated heterocycles. The minimum absolute atomic E-state index is 0.0168. The van der Waals surface area contributed by atoms with Crippen LogP contribution in [-0.4, -0.2) is 58.7 Å². The van der Waals surface area contributed by atoms with Crippen molar-refractivity contribution in [3.05, 3.63) is 0 Å². The quantitative estimate of drug-likeness (QED) is 0.328. The average molecular weight is 191 g/mol. The number of fused-ring (bicyclic) bond motifs is 1. The third kappa shape index (κ3) is 1.26. The van der Waals surface area contributed by atoms with E-state index < -0.39 is 36.6 Å². The average Bonchev–Trinajstić information content (AvgIpc) is 2.59. The Bertz CT molecular complexity index is 181. The lowest BCUT2D eigenvalue weighted by Gasteiger charge is -2.39. The van der Waals surface area contributed by atoms with Gasteiger partial charge in [0.25, 0.3) is 0 Å². The first-order chi connectivity index (χ1) is 6.13. The van der Waals surface area contributed by atoms with Crippen LogP contribution < -0.4 is 5.73 Å². The molecule has 0 aromatic rings. The predicted octanol–water partition coefficient (Wildman–Crippen LogP) is -2.85. The summed E-state index contributed by atoms with van der Waals surface area (Å²) in [6.45, 7) is 0.0168. The Morgan fingerprint density at radius 3 is 2.08 bits per heavy atom. The predicted molar refractivity (Wildman–Crippen MR) is 40.6 cm³/mol. The summed E-state index contributed by atoms with van der Waals surface area (Å²) in [4.78, 5) is 0. The topological polar surface area (TPSA) is 105 Å². The van der Waals surface area contributed by atoms with Gasteiger partial charge in [-0.25, -0.2) is 0 Å². The van der Waals surface area contributed by atoms with Crippen LogP contribution >= 0.6 is 0 Å². The second-order valence-electron chi connectivity index (χ2n) is 3.43. The van der Waals surface area contributed by atoms with Crippen molar-refractivity contribution >= 4 is 0 Å². The molecule has 0 amide bonds. The molecular weight excluding hydrogens is 178 g/mol. The number of nitrogens with two attached hydrogens (primary N) is 1. The SMILES string of the molecule is N[C@@H]1[C@H](O)[C@@H](O)C2OCOC2[C@@H]1O. The van der Waals surface area contributed by atoms with Gasteiger partial charge in [0, 0.05) is 0 Å². The molecule has 0 aromatic carbocycles. The monoisotopic (exact) mass is 191 g/mol. The first-order valence-electron chi connectivity index (χ1n) is 4.16. The minimum Gasteiger partial charge on any atom is -0.389 e. The highest BCUT2D eigenvalue weighted by Gasteiger charge is 2.51. The molecule has 0 aromatic heterocycles. The van der Waals surface area contributed by atoms with Crippen LogP contribution in [0.4, 0.5) is 0 Å². The molecule has 6 heteroatoms. The van der Waals surface area contributed by atoms with E-state index in [1.165, 1.54) is 0 Å². The first-order valence-corrected chi connectivity index (χ1v) is 4.16. The third-order valence-electron chi connectivity index (χ3n) is 2.66. The van der Waals surface area contributed by atoms with Crippen LogP contribution in [0.15, 0.2) is 0 Å². The van der Waals surface area contributed by atoms with Gasteiger partial charge >= 0.3 is 0 Å². The summed E-state index contributed by atoms with van der Waals surface area (Å²) < 4.78 is 10.0. The van der Waals surface area contributed by atoms with E-state index in [1.807, 2.05) is 0 Å². The lowest BCUT2D eigenvalue weighted by molar-refractivity contribution is -0.143. The van der Waals surface area contributed by atoms with Gasteiger partial charge in [0.05, 0.1) is 6.04 Å². The molecule has 2 fully saturated rings. The molecule has 5 N–H and O–H groups in total. The van der Waals surface area contributed by atoms with Crippen LogP contribution in [-0.2, 0) is 9.47 Å². The zero-order valence-corrected chi connectivity index (χ0v) is 6.91. The van der Waals surface area contributed by atoms with Crippen molar-refractivity contribution in [2.75, 3.05) is 6.79 Å². The fourth-order valence-electron chi connectivity index (χ4n) is 1.82. The summed E-state index contributed by atoms with van der Waals surface area (Å²) >= 11 is 0. The van der Waals surface area contributed by atoms with Gasteiger partial charge in [-0.15, -0.1) is 0 Å². The van der Waals surface area contributed by atoms with Crippen molar-refractivity contribution in [2.24, 2.45) is 5.73 Å². The molecule has 0 bridgehead atoms. The Morgan fingerprint density at radius 1 is 0.923 bits per heavy atom. The highest BCUT2D eigenvalue weighted by molar-refractivity contribution is 5.03. The van der Waals surface area contributed by atoms with Crippen LogP contribution in [0.2, 0.25) is 0 Å². The summed E-state index contributed by atoms with van der Waals surface area (Å²) in [5.41, 5.74) is 5.47. The number of hydrogen-bond donors (Lipinski definition) is 4. The highest BCUT2D eigenvalue weighted by atomic mass is 16.7. The molecule has 0 spiro atoms. The van der Waals surface area contributed by atoms with Crippen molar-refractivity contribution in [2.45, 2.75) is 36.6 Å². The normalized spacial score (nSPS) is 56.3. The zero-order valence-electron chi connectivity index (χ0n) is 6.91. The largest absolute Gasteiger partial charge is 0.389 e. The number of aliphatic hydroxyl groups is 3. The van der Waals surface area contributed by atoms with Crippen molar-refractivity contribution < 1.29 is 24.8 Å². The van der Waals surface area contributed by atoms with Gasteiger partial charge in [0.1, 0.15) is 37.3 Å². The standard InChI is InChI=1S/C7H13NO5/c8-2-3(9)5(11)7-6(4(2)10)12-1-13-7/h2-7,9-11H,1,8H2/t2-,3+,4-,5-,6?,7?/m1/s1. The summed E-state index contributed by atoms with van der Waals surface area (Å²) in [5.74, 6) is 0. The van der Waals surface area contributed by atoms with Crippen molar-refractivity contribution in [3.8, 4) is 0 Å². The van der Waals surface area contributed by atoms with E-state index in [9.17, 15) is 15.3 Å². The Morgan fingerprint density at radius 2 is 1.46 bits per heavy atom. The van der Waals surface area contributed by atoms with E-state index >= 15 is 0 Å². The summed E-state index contributed by atoms with van der Waals surface area (Å²) in [6.07, 6.45) is -4.56. The van der Waals surface area contributed by atoms with Crippen molar-refractivity contribution in [3.63, 3.8) is 0 Å². The van der Waals surface area contributed by atoms with E-state index in [2.05, 4.69) is 0 Å². The smallest absolute Gasteiger partial charge is 0.148 e. The second-order valence-corrected chi connectivity index (χ2v) is 3.43. The molecule has 1 saturated carbocycles. The molecule has 2 unspecified atom stereocenters. The summed E-state index contributed by atoms with van der Waals surface area (Å²) in [6, 6.07) is -0.891. The van der Waals surface area contributed by atoms with Crippen LogP contribution in [0.3, 0.4) is 0 Å². The van der Waals surface area contributed by atoms with Crippen LogP contribution in [0.5, 0.6) is 0 Å². The van der Waals surface area contributed by atoms with Crippen molar-refractivity contribution in [1.29, 1.82) is 0 Å². The molecule has 2 aliphatic rings. The molecule has 6 nitrogen and oxygen atoms in total. The molecule has 1 heterocycles. The van der Waals surface area contributed by atoms with Gasteiger partial charge in [-0.05, 0) is 0 Å². The van der Waals surface area contributed by atoms with Gasteiger partial charge in [-0.2, -0.15) is 0 Å².